The molecule has 0 saturated carbocycles. The van der Waals surface area contributed by atoms with Gasteiger partial charge in [0.2, 0.25) is 0 Å². The van der Waals surface area contributed by atoms with Gasteiger partial charge in [0.05, 0.1) is 18.1 Å². The topological polar surface area (TPSA) is 61.8 Å². The first-order valence-corrected chi connectivity index (χ1v) is 15.4. The van der Waals surface area contributed by atoms with E-state index >= 15 is 0 Å². The summed E-state index contributed by atoms with van der Waals surface area (Å²) >= 11 is 1.72. The number of benzene rings is 3. The maximum atomic E-state index is 12.7. The summed E-state index contributed by atoms with van der Waals surface area (Å²) in [5.41, 5.74) is 0.465. The average Bonchev–Trinajstić information content (AvgIpc) is 2.95. The Hall–Kier alpha value is -2.99. The van der Waals surface area contributed by atoms with Gasteiger partial charge in [0, 0.05) is 5.75 Å². The Balaban J connectivity index is 1.45. The number of hydrogen-bond acceptors (Lipinski definition) is 6. The molecule has 0 radical (unpaired) electrons. The molecule has 210 valence electrons. The standard InChI is InChI=1S/C33H42O5S/c1-4-6-7-8-9-10-11-12-21-36-29-17-13-26(14-18-29)33(35)38-31-20-16-27-22-30(19-15-28(27)23-31)37-32(34)25(3)24-39-5-2/h13-20,22-23,25H,4-12,21,24H2,1-3H3/t25-/m1/s1. The summed E-state index contributed by atoms with van der Waals surface area (Å²) in [6, 6.07) is 17.9. The van der Waals surface area contributed by atoms with Crippen molar-refractivity contribution in [2.45, 2.75) is 72.1 Å². The molecule has 0 unspecified atom stereocenters. The van der Waals surface area contributed by atoms with E-state index < -0.39 is 5.97 Å². The van der Waals surface area contributed by atoms with Gasteiger partial charge in [-0.15, -0.1) is 0 Å². The summed E-state index contributed by atoms with van der Waals surface area (Å²) in [4.78, 5) is 25.0. The minimum atomic E-state index is -0.423. The van der Waals surface area contributed by atoms with Crippen LogP contribution in [0.25, 0.3) is 10.8 Å². The van der Waals surface area contributed by atoms with E-state index in [4.69, 9.17) is 14.2 Å². The molecule has 0 saturated heterocycles. The van der Waals surface area contributed by atoms with Crippen molar-refractivity contribution in [2.75, 3.05) is 18.1 Å². The predicted molar refractivity (Wildman–Crippen MR) is 161 cm³/mol. The Morgan fingerprint density at radius 3 is 1.90 bits per heavy atom. The molecule has 1 atom stereocenters. The molecule has 3 aromatic carbocycles. The molecule has 0 amide bonds. The maximum Gasteiger partial charge on any atom is 0.343 e. The SMILES string of the molecule is CCCCCCCCCCOc1ccc(C(=O)Oc2ccc3cc(OC(=O)[C@H](C)CSCC)ccc3c2)cc1. The van der Waals surface area contributed by atoms with Gasteiger partial charge in [-0.1, -0.05) is 77.8 Å². The summed E-state index contributed by atoms with van der Waals surface area (Å²) in [7, 11) is 0. The van der Waals surface area contributed by atoms with E-state index in [9.17, 15) is 9.59 Å². The quantitative estimate of drug-likeness (QED) is 0.0950. The Kier molecular flexibility index (Phi) is 13.2. The van der Waals surface area contributed by atoms with E-state index in [-0.39, 0.29) is 11.9 Å². The highest BCUT2D eigenvalue weighted by Crippen LogP contribution is 2.26. The van der Waals surface area contributed by atoms with Gasteiger partial charge in [0.15, 0.2) is 0 Å². The summed E-state index contributed by atoms with van der Waals surface area (Å²) in [5.74, 6) is 2.62. The van der Waals surface area contributed by atoms with Crippen LogP contribution >= 0.6 is 11.8 Å². The number of rotatable bonds is 17. The van der Waals surface area contributed by atoms with Gasteiger partial charge in [-0.2, -0.15) is 11.8 Å². The number of thioether (sulfide) groups is 1. The second kappa shape index (κ2) is 16.9. The van der Waals surface area contributed by atoms with Gasteiger partial charge in [0.25, 0.3) is 0 Å². The molecule has 39 heavy (non-hydrogen) atoms. The van der Waals surface area contributed by atoms with E-state index in [1.165, 1.54) is 44.9 Å². The molecule has 3 rings (SSSR count). The highest BCUT2D eigenvalue weighted by atomic mass is 32.2. The molecule has 0 aliphatic rings. The first-order valence-electron chi connectivity index (χ1n) is 14.3. The number of fused-ring (bicyclic) bond motifs is 1. The van der Waals surface area contributed by atoms with Crippen LogP contribution in [0.15, 0.2) is 60.7 Å². The first kappa shape index (κ1) is 30.6. The molecule has 3 aromatic rings. The normalized spacial score (nSPS) is 11.8. The Labute approximate surface area is 237 Å². The molecular formula is C33H42O5S. The third kappa shape index (κ3) is 10.6. The van der Waals surface area contributed by atoms with Gasteiger partial charge >= 0.3 is 11.9 Å². The number of carbonyl (C=O) groups excluding carboxylic acids is 2. The Morgan fingerprint density at radius 2 is 1.28 bits per heavy atom. The molecule has 0 fully saturated rings. The van der Waals surface area contributed by atoms with Gasteiger partial charge < -0.3 is 14.2 Å². The van der Waals surface area contributed by atoms with Crippen LogP contribution in [0.1, 0.15) is 82.5 Å². The summed E-state index contributed by atoms with van der Waals surface area (Å²) in [5, 5.41) is 1.79. The van der Waals surface area contributed by atoms with Crippen molar-refractivity contribution in [1.82, 2.24) is 0 Å². The van der Waals surface area contributed by atoms with Gasteiger partial charge in [0.1, 0.15) is 17.2 Å². The molecule has 0 spiro atoms. The van der Waals surface area contributed by atoms with Crippen LogP contribution < -0.4 is 14.2 Å². The summed E-state index contributed by atoms with van der Waals surface area (Å²) in [6.45, 7) is 6.88. The van der Waals surface area contributed by atoms with Crippen molar-refractivity contribution in [3.05, 3.63) is 66.2 Å². The third-order valence-corrected chi connectivity index (χ3v) is 7.69. The zero-order valence-electron chi connectivity index (χ0n) is 23.6. The molecule has 0 aromatic heterocycles. The fourth-order valence-corrected chi connectivity index (χ4v) is 4.91. The Bertz CT molecular complexity index is 1170. The predicted octanol–water partition coefficient (Wildman–Crippen LogP) is 8.87. The third-order valence-electron chi connectivity index (χ3n) is 6.54. The van der Waals surface area contributed by atoms with Crippen molar-refractivity contribution in [3.63, 3.8) is 0 Å². The minimum absolute atomic E-state index is 0.164. The molecule has 0 aliphatic heterocycles. The molecule has 0 N–H and O–H groups in total. The number of esters is 2. The van der Waals surface area contributed by atoms with Gasteiger partial charge in [-0.05, 0) is 71.5 Å². The van der Waals surface area contributed by atoms with E-state index in [1.54, 1.807) is 42.1 Å². The minimum Gasteiger partial charge on any atom is -0.494 e. The summed E-state index contributed by atoms with van der Waals surface area (Å²) in [6.07, 6.45) is 10.1. The fourth-order valence-electron chi connectivity index (χ4n) is 4.19. The lowest BCUT2D eigenvalue weighted by Crippen LogP contribution is -2.19. The van der Waals surface area contributed by atoms with Crippen LogP contribution in [-0.4, -0.2) is 30.1 Å². The first-order chi connectivity index (χ1) is 19.0. The van der Waals surface area contributed by atoms with Crippen molar-refractivity contribution in [2.24, 2.45) is 5.92 Å². The van der Waals surface area contributed by atoms with E-state index in [2.05, 4.69) is 13.8 Å². The average molecular weight is 551 g/mol. The van der Waals surface area contributed by atoms with Crippen molar-refractivity contribution in [3.8, 4) is 17.2 Å². The smallest absolute Gasteiger partial charge is 0.343 e. The number of hydrogen-bond donors (Lipinski definition) is 0. The highest BCUT2D eigenvalue weighted by molar-refractivity contribution is 7.99. The van der Waals surface area contributed by atoms with E-state index in [0.29, 0.717) is 23.7 Å². The van der Waals surface area contributed by atoms with Crippen LogP contribution in [0, 0.1) is 5.92 Å². The molecule has 5 nitrogen and oxygen atoms in total. The molecule has 0 bridgehead atoms. The van der Waals surface area contributed by atoms with Crippen LogP contribution in [-0.2, 0) is 4.79 Å². The maximum absolute atomic E-state index is 12.7. The Morgan fingerprint density at radius 1 is 0.718 bits per heavy atom. The second-order valence-electron chi connectivity index (χ2n) is 9.89. The number of ether oxygens (including phenoxy) is 3. The van der Waals surface area contributed by atoms with Crippen LogP contribution in [0.4, 0.5) is 0 Å². The summed E-state index contributed by atoms with van der Waals surface area (Å²) < 4.78 is 17.0. The van der Waals surface area contributed by atoms with E-state index in [0.717, 1.165) is 34.4 Å². The zero-order valence-corrected chi connectivity index (χ0v) is 24.4. The molecule has 6 heteroatoms. The van der Waals surface area contributed by atoms with Crippen molar-refractivity contribution in [1.29, 1.82) is 0 Å². The fraction of sp³-hybridized carbons (Fsp3) is 0.455. The van der Waals surface area contributed by atoms with Crippen molar-refractivity contribution >= 4 is 34.5 Å². The second-order valence-corrected chi connectivity index (χ2v) is 11.2. The van der Waals surface area contributed by atoms with Crippen LogP contribution in [0.5, 0.6) is 17.2 Å². The lowest BCUT2D eigenvalue weighted by molar-refractivity contribution is -0.137. The largest absolute Gasteiger partial charge is 0.494 e. The lowest BCUT2D eigenvalue weighted by atomic mass is 10.1. The van der Waals surface area contributed by atoms with Crippen molar-refractivity contribution < 1.29 is 23.8 Å². The van der Waals surface area contributed by atoms with E-state index in [1.807, 2.05) is 37.3 Å². The lowest BCUT2D eigenvalue weighted by Gasteiger charge is -2.11. The molecule has 0 heterocycles. The van der Waals surface area contributed by atoms with Gasteiger partial charge in [-0.3, -0.25) is 4.79 Å². The highest BCUT2D eigenvalue weighted by Gasteiger charge is 2.15. The molecular weight excluding hydrogens is 508 g/mol. The monoisotopic (exact) mass is 550 g/mol. The van der Waals surface area contributed by atoms with Gasteiger partial charge in [-0.25, -0.2) is 4.79 Å². The number of carbonyl (C=O) groups is 2. The van der Waals surface area contributed by atoms with Crippen LogP contribution in [0.3, 0.4) is 0 Å². The van der Waals surface area contributed by atoms with Crippen LogP contribution in [0.2, 0.25) is 0 Å². The molecule has 0 aliphatic carbocycles. The zero-order chi connectivity index (χ0) is 27.9. The number of unbranched alkanes of at least 4 members (excludes halogenated alkanes) is 7.